The van der Waals surface area contributed by atoms with Gasteiger partial charge >= 0.3 is 0 Å². The van der Waals surface area contributed by atoms with Gasteiger partial charge in [0, 0.05) is 21.8 Å². The molecule has 1 aromatic heterocycles. The molecule has 0 amide bonds. The quantitative estimate of drug-likeness (QED) is 0.798. The van der Waals surface area contributed by atoms with Crippen LogP contribution in [0.3, 0.4) is 0 Å². The van der Waals surface area contributed by atoms with Crippen LogP contribution in [0, 0.1) is 11.3 Å². The molecule has 1 heterocycles. The summed E-state index contributed by atoms with van der Waals surface area (Å²) >= 11 is 2.01. The largest absolute Gasteiger partial charge is 0.312 e. The topological polar surface area (TPSA) is 12.0 Å². The summed E-state index contributed by atoms with van der Waals surface area (Å²) in [5.74, 6) is 0.925. The van der Waals surface area contributed by atoms with Crippen LogP contribution in [0.2, 0.25) is 0 Å². The second-order valence-corrected chi connectivity index (χ2v) is 8.68. The Kier molecular flexibility index (Phi) is 4.42. The summed E-state index contributed by atoms with van der Waals surface area (Å²) < 4.78 is 0. The number of rotatable bonds is 6. The van der Waals surface area contributed by atoms with Crippen LogP contribution in [0.4, 0.5) is 0 Å². The van der Waals surface area contributed by atoms with E-state index in [1.54, 1.807) is 4.88 Å². The molecule has 1 fully saturated rings. The summed E-state index contributed by atoms with van der Waals surface area (Å²) in [6.45, 7) is 12.7. The summed E-state index contributed by atoms with van der Waals surface area (Å²) in [7, 11) is 0. The van der Waals surface area contributed by atoms with Crippen LogP contribution in [-0.4, -0.2) is 12.1 Å². The Balaban J connectivity index is 2.02. The second-order valence-electron chi connectivity index (χ2n) is 7.43. The molecular weight excluding hydrogens is 250 g/mol. The Bertz CT molecular complexity index is 411. The molecule has 0 aromatic carbocycles. The van der Waals surface area contributed by atoms with Gasteiger partial charge in [0.2, 0.25) is 0 Å². The average Bonchev–Trinajstić information content (AvgIpc) is 3.09. The number of aryl methyl sites for hydroxylation is 1. The summed E-state index contributed by atoms with van der Waals surface area (Å²) in [5, 5.41) is 3.73. The SMILES string of the molecule is CCc1ccc(CC(C)(CNC(C)(C)C)C2CC2)s1. The average molecular weight is 279 g/mol. The lowest BCUT2D eigenvalue weighted by Gasteiger charge is -2.34. The minimum absolute atomic E-state index is 0.222. The van der Waals surface area contributed by atoms with Gasteiger partial charge in [-0.3, -0.25) is 0 Å². The molecule has 1 N–H and O–H groups in total. The fraction of sp³-hybridized carbons (Fsp3) is 0.765. The Labute approximate surface area is 122 Å². The molecule has 1 unspecified atom stereocenters. The van der Waals surface area contributed by atoms with Crippen molar-refractivity contribution in [1.29, 1.82) is 0 Å². The van der Waals surface area contributed by atoms with Gasteiger partial charge < -0.3 is 5.32 Å². The Hall–Kier alpha value is -0.340. The first-order chi connectivity index (χ1) is 8.82. The molecule has 2 rings (SSSR count). The summed E-state index contributed by atoms with van der Waals surface area (Å²) in [4.78, 5) is 3.10. The smallest absolute Gasteiger partial charge is 0.00967 e. The Morgan fingerprint density at radius 3 is 2.26 bits per heavy atom. The lowest BCUT2D eigenvalue weighted by atomic mass is 9.80. The van der Waals surface area contributed by atoms with Gasteiger partial charge in [0.15, 0.2) is 0 Å². The molecule has 1 aliphatic carbocycles. The van der Waals surface area contributed by atoms with Crippen molar-refractivity contribution in [2.45, 2.75) is 65.8 Å². The van der Waals surface area contributed by atoms with Crippen LogP contribution in [0.1, 0.15) is 57.2 Å². The predicted molar refractivity (Wildman–Crippen MR) is 86.0 cm³/mol. The molecule has 1 aliphatic rings. The van der Waals surface area contributed by atoms with Crippen LogP contribution in [0.15, 0.2) is 12.1 Å². The molecule has 108 valence electrons. The molecule has 0 aliphatic heterocycles. The van der Waals surface area contributed by atoms with E-state index in [4.69, 9.17) is 0 Å². The van der Waals surface area contributed by atoms with Crippen molar-refractivity contribution in [2.75, 3.05) is 6.54 Å². The molecule has 1 aromatic rings. The fourth-order valence-electron chi connectivity index (χ4n) is 2.70. The maximum Gasteiger partial charge on any atom is 0.00967 e. The highest BCUT2D eigenvalue weighted by Crippen LogP contribution is 2.47. The van der Waals surface area contributed by atoms with Crippen molar-refractivity contribution in [3.05, 3.63) is 21.9 Å². The van der Waals surface area contributed by atoms with Gasteiger partial charge in [-0.2, -0.15) is 0 Å². The van der Waals surface area contributed by atoms with Gasteiger partial charge in [-0.05, 0) is 69.9 Å². The number of nitrogens with one attached hydrogen (secondary N) is 1. The first-order valence-electron chi connectivity index (χ1n) is 7.65. The molecule has 0 saturated heterocycles. The molecule has 0 bridgehead atoms. The highest BCUT2D eigenvalue weighted by Gasteiger charge is 2.41. The highest BCUT2D eigenvalue weighted by molar-refractivity contribution is 7.11. The molecular formula is C17H29NS. The van der Waals surface area contributed by atoms with E-state index in [2.05, 4.69) is 52.1 Å². The molecule has 2 heteroatoms. The van der Waals surface area contributed by atoms with E-state index in [1.165, 1.54) is 30.6 Å². The first-order valence-corrected chi connectivity index (χ1v) is 8.47. The van der Waals surface area contributed by atoms with Crippen molar-refractivity contribution in [2.24, 2.45) is 11.3 Å². The Morgan fingerprint density at radius 2 is 1.79 bits per heavy atom. The van der Waals surface area contributed by atoms with Gasteiger partial charge in [0.1, 0.15) is 0 Å². The third-order valence-electron chi connectivity index (χ3n) is 4.23. The fourth-order valence-corrected chi connectivity index (χ4v) is 3.86. The van der Waals surface area contributed by atoms with Crippen molar-refractivity contribution >= 4 is 11.3 Å². The van der Waals surface area contributed by atoms with Crippen molar-refractivity contribution < 1.29 is 0 Å². The molecule has 0 radical (unpaired) electrons. The van der Waals surface area contributed by atoms with Crippen molar-refractivity contribution in [3.63, 3.8) is 0 Å². The predicted octanol–water partition coefficient (Wildman–Crippen LogP) is 4.66. The molecule has 19 heavy (non-hydrogen) atoms. The molecule has 1 saturated carbocycles. The lowest BCUT2D eigenvalue weighted by molar-refractivity contribution is 0.229. The van der Waals surface area contributed by atoms with Crippen molar-refractivity contribution in [1.82, 2.24) is 5.32 Å². The van der Waals surface area contributed by atoms with E-state index in [0.29, 0.717) is 5.41 Å². The zero-order chi connectivity index (χ0) is 14.1. The van der Waals surface area contributed by atoms with E-state index in [1.807, 2.05) is 11.3 Å². The summed E-state index contributed by atoms with van der Waals surface area (Å²) in [6.07, 6.45) is 5.26. The maximum absolute atomic E-state index is 3.73. The van der Waals surface area contributed by atoms with E-state index >= 15 is 0 Å². The van der Waals surface area contributed by atoms with Crippen LogP contribution < -0.4 is 5.32 Å². The third kappa shape index (κ3) is 4.32. The first kappa shape index (κ1) is 15.1. The number of thiophene rings is 1. The number of hydrogen-bond acceptors (Lipinski definition) is 2. The van der Waals surface area contributed by atoms with Gasteiger partial charge in [-0.15, -0.1) is 11.3 Å². The van der Waals surface area contributed by atoms with Crippen LogP contribution in [0.25, 0.3) is 0 Å². The zero-order valence-electron chi connectivity index (χ0n) is 13.2. The number of hydrogen-bond donors (Lipinski definition) is 1. The molecule has 1 atom stereocenters. The normalized spacial score (nSPS) is 19.4. The van der Waals surface area contributed by atoms with E-state index < -0.39 is 0 Å². The summed E-state index contributed by atoms with van der Waals surface area (Å²) in [5.41, 5.74) is 0.656. The second kappa shape index (κ2) is 5.57. The Morgan fingerprint density at radius 1 is 1.16 bits per heavy atom. The van der Waals surface area contributed by atoms with Gasteiger partial charge in [0.25, 0.3) is 0 Å². The third-order valence-corrected chi connectivity index (χ3v) is 5.46. The monoisotopic (exact) mass is 279 g/mol. The van der Waals surface area contributed by atoms with Crippen LogP contribution >= 0.6 is 11.3 Å². The van der Waals surface area contributed by atoms with Gasteiger partial charge in [-0.25, -0.2) is 0 Å². The van der Waals surface area contributed by atoms with Crippen LogP contribution in [-0.2, 0) is 12.8 Å². The van der Waals surface area contributed by atoms with Crippen LogP contribution in [0.5, 0.6) is 0 Å². The highest BCUT2D eigenvalue weighted by atomic mass is 32.1. The molecule has 0 spiro atoms. The molecule has 1 nitrogen and oxygen atoms in total. The standard InChI is InChI=1S/C17H29NS/c1-6-14-9-10-15(19-14)11-17(5,13-7-8-13)12-18-16(2,3)4/h9-10,13,18H,6-8,11-12H2,1-5H3. The van der Waals surface area contributed by atoms with E-state index in [-0.39, 0.29) is 5.54 Å². The van der Waals surface area contributed by atoms with Gasteiger partial charge in [-0.1, -0.05) is 13.8 Å². The maximum atomic E-state index is 3.73. The van der Waals surface area contributed by atoms with Crippen molar-refractivity contribution in [3.8, 4) is 0 Å². The zero-order valence-corrected chi connectivity index (χ0v) is 14.0. The van der Waals surface area contributed by atoms with E-state index in [9.17, 15) is 0 Å². The van der Waals surface area contributed by atoms with Gasteiger partial charge in [0.05, 0.1) is 0 Å². The van der Waals surface area contributed by atoms with E-state index in [0.717, 1.165) is 12.5 Å². The lowest BCUT2D eigenvalue weighted by Crippen LogP contribution is -2.44. The minimum Gasteiger partial charge on any atom is -0.312 e. The summed E-state index contributed by atoms with van der Waals surface area (Å²) in [6, 6.07) is 4.66. The minimum atomic E-state index is 0.222.